The maximum Gasteiger partial charge on any atom is 0.327 e. The van der Waals surface area contributed by atoms with Crippen molar-refractivity contribution in [2.75, 3.05) is 13.1 Å². The van der Waals surface area contributed by atoms with Crippen LogP contribution in [0.2, 0.25) is 0 Å². The molecule has 1 aliphatic carbocycles. The number of ether oxygens (including phenoxy) is 1. The molecule has 2 fully saturated rings. The molecule has 9 heteroatoms. The summed E-state index contributed by atoms with van der Waals surface area (Å²) in [6.07, 6.45) is 2.25. The van der Waals surface area contributed by atoms with Gasteiger partial charge in [-0.1, -0.05) is 25.0 Å². The molecule has 1 aliphatic heterocycles. The van der Waals surface area contributed by atoms with E-state index in [9.17, 15) is 23.6 Å². The van der Waals surface area contributed by atoms with Crippen molar-refractivity contribution in [3.05, 3.63) is 35.6 Å². The van der Waals surface area contributed by atoms with Gasteiger partial charge in [0.15, 0.2) is 6.10 Å². The lowest BCUT2D eigenvalue weighted by Crippen LogP contribution is -2.45. The number of halogens is 1. The van der Waals surface area contributed by atoms with Gasteiger partial charge in [0.1, 0.15) is 17.9 Å². The zero-order valence-corrected chi connectivity index (χ0v) is 16.2. The van der Waals surface area contributed by atoms with E-state index in [4.69, 9.17) is 4.74 Å². The lowest BCUT2D eigenvalue weighted by Gasteiger charge is -2.20. The molecule has 1 aromatic carbocycles. The Balaban J connectivity index is 1.43. The quantitative estimate of drug-likeness (QED) is 0.525. The van der Waals surface area contributed by atoms with Crippen LogP contribution in [0.4, 0.5) is 9.18 Å². The van der Waals surface area contributed by atoms with Crippen LogP contribution in [0.15, 0.2) is 24.3 Å². The van der Waals surface area contributed by atoms with E-state index in [0.717, 1.165) is 23.3 Å². The second kappa shape index (κ2) is 8.59. The van der Waals surface area contributed by atoms with Crippen molar-refractivity contribution >= 4 is 23.8 Å². The number of hydrogen-bond acceptors (Lipinski definition) is 5. The Bertz CT molecular complexity index is 805. The first kappa shape index (κ1) is 20.8. The SMILES string of the molecule is C[C@@H](OC(=O)CN1C(=O)NC2(CCCC2)C1=O)C(=O)NCCc1ccc(F)cc1. The smallest absolute Gasteiger partial charge is 0.327 e. The monoisotopic (exact) mass is 405 g/mol. The van der Waals surface area contributed by atoms with Gasteiger partial charge in [-0.25, -0.2) is 9.18 Å². The van der Waals surface area contributed by atoms with Gasteiger partial charge >= 0.3 is 12.0 Å². The van der Waals surface area contributed by atoms with Crippen LogP contribution < -0.4 is 10.6 Å². The van der Waals surface area contributed by atoms with Gasteiger partial charge in [0.25, 0.3) is 11.8 Å². The molecular weight excluding hydrogens is 381 g/mol. The van der Waals surface area contributed by atoms with Crippen LogP contribution in [-0.2, 0) is 25.5 Å². The summed E-state index contributed by atoms with van der Waals surface area (Å²) in [6, 6.07) is 5.32. The highest BCUT2D eigenvalue weighted by molar-refractivity contribution is 6.08. The molecule has 1 heterocycles. The third kappa shape index (κ3) is 4.72. The predicted molar refractivity (Wildman–Crippen MR) is 100 cm³/mol. The molecule has 1 saturated carbocycles. The summed E-state index contributed by atoms with van der Waals surface area (Å²) < 4.78 is 17.9. The van der Waals surface area contributed by atoms with E-state index < -0.39 is 42.0 Å². The molecule has 29 heavy (non-hydrogen) atoms. The molecular formula is C20H24FN3O5. The van der Waals surface area contributed by atoms with E-state index in [2.05, 4.69) is 10.6 Å². The van der Waals surface area contributed by atoms with Crippen molar-refractivity contribution in [2.24, 2.45) is 0 Å². The lowest BCUT2D eigenvalue weighted by atomic mass is 9.98. The molecule has 1 atom stereocenters. The van der Waals surface area contributed by atoms with Crippen LogP contribution in [0.3, 0.4) is 0 Å². The molecule has 2 aliphatic rings. The number of nitrogens with one attached hydrogen (secondary N) is 2. The zero-order chi connectivity index (χ0) is 21.0. The highest BCUT2D eigenvalue weighted by Gasteiger charge is 2.52. The fraction of sp³-hybridized carbons (Fsp3) is 0.500. The summed E-state index contributed by atoms with van der Waals surface area (Å²) >= 11 is 0. The summed E-state index contributed by atoms with van der Waals surface area (Å²) in [5.74, 6) is -2.06. The second-order valence-corrected chi connectivity index (χ2v) is 7.41. The number of esters is 1. The van der Waals surface area contributed by atoms with Gasteiger partial charge in [0, 0.05) is 6.54 Å². The predicted octanol–water partition coefficient (Wildman–Crippen LogP) is 1.28. The summed E-state index contributed by atoms with van der Waals surface area (Å²) in [6.45, 7) is 1.18. The summed E-state index contributed by atoms with van der Waals surface area (Å²) in [7, 11) is 0. The molecule has 0 radical (unpaired) electrons. The maximum atomic E-state index is 12.9. The number of benzene rings is 1. The van der Waals surface area contributed by atoms with Crippen LogP contribution in [0, 0.1) is 5.82 Å². The summed E-state index contributed by atoms with van der Waals surface area (Å²) in [5, 5.41) is 5.32. The van der Waals surface area contributed by atoms with E-state index in [1.54, 1.807) is 12.1 Å². The molecule has 4 amide bonds. The Kier molecular flexibility index (Phi) is 6.14. The molecule has 1 aromatic rings. The zero-order valence-electron chi connectivity index (χ0n) is 16.2. The van der Waals surface area contributed by atoms with Crippen molar-refractivity contribution in [1.29, 1.82) is 0 Å². The molecule has 0 aromatic heterocycles. The van der Waals surface area contributed by atoms with Crippen LogP contribution in [-0.4, -0.2) is 53.4 Å². The van der Waals surface area contributed by atoms with Crippen LogP contribution >= 0.6 is 0 Å². The van der Waals surface area contributed by atoms with Crippen molar-refractivity contribution in [1.82, 2.24) is 15.5 Å². The standard InChI is InChI=1S/C20H24FN3O5/c1-13(17(26)22-11-8-14-4-6-15(21)7-5-14)29-16(25)12-24-18(27)20(23-19(24)28)9-2-3-10-20/h4-7,13H,2-3,8-12H2,1H3,(H,22,26)(H,23,28)/t13-/m1/s1. The van der Waals surface area contributed by atoms with E-state index in [0.29, 0.717) is 25.8 Å². The number of imide groups is 1. The fourth-order valence-electron chi connectivity index (χ4n) is 3.68. The van der Waals surface area contributed by atoms with Crippen LogP contribution in [0.25, 0.3) is 0 Å². The first-order valence-electron chi connectivity index (χ1n) is 9.66. The topological polar surface area (TPSA) is 105 Å². The van der Waals surface area contributed by atoms with Crippen molar-refractivity contribution in [2.45, 2.75) is 50.7 Å². The normalized spacial score (nSPS) is 18.6. The molecule has 2 N–H and O–H groups in total. The Morgan fingerprint density at radius 3 is 2.55 bits per heavy atom. The van der Waals surface area contributed by atoms with Gasteiger partial charge in [-0.3, -0.25) is 19.3 Å². The van der Waals surface area contributed by atoms with Crippen LogP contribution in [0.1, 0.15) is 38.2 Å². The maximum absolute atomic E-state index is 12.9. The molecule has 8 nitrogen and oxygen atoms in total. The third-order valence-corrected chi connectivity index (χ3v) is 5.29. The Morgan fingerprint density at radius 2 is 1.90 bits per heavy atom. The van der Waals surface area contributed by atoms with E-state index in [1.165, 1.54) is 19.1 Å². The average Bonchev–Trinajstić information content (AvgIpc) is 3.24. The fourth-order valence-corrected chi connectivity index (χ4v) is 3.68. The van der Waals surface area contributed by atoms with E-state index in [-0.39, 0.29) is 5.82 Å². The van der Waals surface area contributed by atoms with E-state index >= 15 is 0 Å². The van der Waals surface area contributed by atoms with E-state index in [1.807, 2.05) is 0 Å². The Morgan fingerprint density at radius 1 is 1.24 bits per heavy atom. The number of urea groups is 1. The number of nitrogens with zero attached hydrogens (tertiary/aromatic N) is 1. The molecule has 0 unspecified atom stereocenters. The summed E-state index contributed by atoms with van der Waals surface area (Å²) in [5.41, 5.74) is -0.0310. The molecule has 156 valence electrons. The van der Waals surface area contributed by atoms with Gasteiger partial charge in [-0.2, -0.15) is 0 Å². The Labute approximate surface area is 167 Å². The first-order chi connectivity index (χ1) is 13.8. The number of carbonyl (C=O) groups excluding carboxylic acids is 4. The van der Waals surface area contributed by atoms with Gasteiger partial charge in [-0.05, 0) is 43.9 Å². The van der Waals surface area contributed by atoms with Gasteiger partial charge in [-0.15, -0.1) is 0 Å². The van der Waals surface area contributed by atoms with Gasteiger partial charge < -0.3 is 15.4 Å². The second-order valence-electron chi connectivity index (χ2n) is 7.41. The minimum absolute atomic E-state index is 0.294. The van der Waals surface area contributed by atoms with Gasteiger partial charge in [0.2, 0.25) is 0 Å². The average molecular weight is 405 g/mol. The molecule has 3 rings (SSSR count). The number of hydrogen-bond donors (Lipinski definition) is 2. The minimum Gasteiger partial charge on any atom is -0.451 e. The van der Waals surface area contributed by atoms with Crippen molar-refractivity contribution in [3.8, 4) is 0 Å². The minimum atomic E-state index is -1.07. The summed E-state index contributed by atoms with van der Waals surface area (Å²) in [4.78, 5) is 49.7. The number of rotatable bonds is 7. The Hall–Kier alpha value is -2.97. The number of carbonyl (C=O) groups is 4. The highest BCUT2D eigenvalue weighted by Crippen LogP contribution is 2.34. The van der Waals surface area contributed by atoms with Gasteiger partial charge in [0.05, 0.1) is 0 Å². The van der Waals surface area contributed by atoms with Crippen molar-refractivity contribution in [3.63, 3.8) is 0 Å². The lowest BCUT2D eigenvalue weighted by molar-refractivity contribution is -0.156. The molecule has 0 bridgehead atoms. The van der Waals surface area contributed by atoms with Crippen molar-refractivity contribution < 1.29 is 28.3 Å². The highest BCUT2D eigenvalue weighted by atomic mass is 19.1. The number of amides is 4. The molecule has 1 spiro atoms. The third-order valence-electron chi connectivity index (χ3n) is 5.29. The first-order valence-corrected chi connectivity index (χ1v) is 9.66. The van der Waals surface area contributed by atoms with Crippen LogP contribution in [0.5, 0.6) is 0 Å². The largest absolute Gasteiger partial charge is 0.451 e. The molecule has 1 saturated heterocycles.